The molecular weight excluding hydrogens is 587 g/mol. The van der Waals surface area contributed by atoms with E-state index in [9.17, 15) is 14.9 Å². The number of nitrogens with one attached hydrogen (secondary N) is 1. The number of amides is 1. The van der Waals surface area contributed by atoms with E-state index >= 15 is 0 Å². The predicted octanol–water partition coefficient (Wildman–Crippen LogP) is 6.99. The molecule has 0 unspecified atom stereocenters. The number of carbonyl (C=O) groups excluding carboxylic acids is 1. The van der Waals surface area contributed by atoms with Gasteiger partial charge in [0.25, 0.3) is 11.6 Å². The lowest BCUT2D eigenvalue weighted by Gasteiger charge is -2.06. The first-order valence-corrected chi connectivity index (χ1v) is 11.8. The van der Waals surface area contributed by atoms with Gasteiger partial charge in [0, 0.05) is 12.3 Å². The largest absolute Gasteiger partial charge is 0.484 e. The van der Waals surface area contributed by atoms with Crippen molar-refractivity contribution in [3.05, 3.63) is 101 Å². The molecule has 0 bridgehead atoms. The Bertz CT molecular complexity index is 1420. The van der Waals surface area contributed by atoms with Gasteiger partial charge in [-0.1, -0.05) is 40.9 Å². The maximum absolute atomic E-state index is 12.6. The molecule has 0 aliphatic carbocycles. The standard InChI is InChI=1S/C22H14BrCl3N4O5/c23-15-10-29(9-12-1-4-16(24)18(26)7-12)28-21(15)27-22(31)19-6-3-14(35-19)11-34-20-8-13(30(32)33)2-5-17(20)25/h1-8,10H,9,11H2,(H,27,28,31). The fraction of sp³-hybridized carbons (Fsp3) is 0.0909. The molecule has 35 heavy (non-hydrogen) atoms. The fourth-order valence-electron chi connectivity index (χ4n) is 3.00. The van der Waals surface area contributed by atoms with E-state index in [1.165, 1.54) is 24.3 Å². The van der Waals surface area contributed by atoms with Crippen LogP contribution >= 0.6 is 50.7 Å². The van der Waals surface area contributed by atoms with Crippen LogP contribution in [0.3, 0.4) is 0 Å². The second-order valence-corrected chi connectivity index (χ2v) is 9.23. The summed E-state index contributed by atoms with van der Waals surface area (Å²) in [5, 5.41) is 19.1. The average molecular weight is 601 g/mol. The number of benzene rings is 2. The summed E-state index contributed by atoms with van der Waals surface area (Å²) in [5.74, 6) is 0.249. The van der Waals surface area contributed by atoms with Crippen LogP contribution in [-0.4, -0.2) is 20.6 Å². The molecule has 0 spiro atoms. The SMILES string of the molecule is O=C(Nc1nn(Cc2ccc(Cl)c(Cl)c2)cc1Br)c1ccc(COc2cc([N+](=O)[O-])ccc2Cl)o1. The topological polar surface area (TPSA) is 112 Å². The zero-order valence-corrected chi connectivity index (χ0v) is 21.4. The number of anilines is 1. The molecule has 180 valence electrons. The van der Waals surface area contributed by atoms with Crippen LogP contribution in [0.5, 0.6) is 5.75 Å². The third-order valence-electron chi connectivity index (χ3n) is 4.66. The molecule has 4 rings (SSSR count). The van der Waals surface area contributed by atoms with Crippen LogP contribution in [0.2, 0.25) is 15.1 Å². The Kier molecular flexibility index (Phi) is 7.66. The third kappa shape index (κ3) is 6.15. The molecule has 0 aliphatic rings. The molecule has 0 aliphatic heterocycles. The Morgan fingerprint density at radius 2 is 1.89 bits per heavy atom. The number of nitro groups is 1. The quantitative estimate of drug-likeness (QED) is 0.172. The second kappa shape index (κ2) is 10.7. The molecule has 2 aromatic heterocycles. The van der Waals surface area contributed by atoms with Crippen molar-refractivity contribution in [2.45, 2.75) is 13.2 Å². The normalized spacial score (nSPS) is 10.9. The molecule has 0 atom stereocenters. The summed E-state index contributed by atoms with van der Waals surface area (Å²) in [6.45, 7) is 0.323. The number of non-ortho nitro benzene ring substituents is 1. The van der Waals surface area contributed by atoms with Crippen molar-refractivity contribution in [1.29, 1.82) is 0 Å². The van der Waals surface area contributed by atoms with Gasteiger partial charge in [0.15, 0.2) is 11.6 Å². The summed E-state index contributed by atoms with van der Waals surface area (Å²) >= 11 is 21.4. The van der Waals surface area contributed by atoms with Gasteiger partial charge in [0.2, 0.25) is 0 Å². The van der Waals surface area contributed by atoms with Crippen LogP contribution in [0, 0.1) is 10.1 Å². The number of aromatic nitrogens is 2. The number of halogens is 4. The Hall–Kier alpha value is -3.05. The molecule has 2 aromatic carbocycles. The Balaban J connectivity index is 1.39. The summed E-state index contributed by atoms with van der Waals surface area (Å²) in [6.07, 6.45) is 1.71. The van der Waals surface area contributed by atoms with Crippen molar-refractivity contribution < 1.29 is 18.9 Å². The predicted molar refractivity (Wildman–Crippen MR) is 135 cm³/mol. The van der Waals surface area contributed by atoms with Gasteiger partial charge in [-0.3, -0.25) is 19.6 Å². The number of rotatable bonds is 8. The number of carbonyl (C=O) groups is 1. The van der Waals surface area contributed by atoms with E-state index < -0.39 is 10.8 Å². The minimum Gasteiger partial charge on any atom is -0.484 e. The monoisotopic (exact) mass is 598 g/mol. The van der Waals surface area contributed by atoms with Crippen LogP contribution in [0.4, 0.5) is 11.5 Å². The first-order valence-electron chi connectivity index (χ1n) is 9.83. The highest BCUT2D eigenvalue weighted by atomic mass is 79.9. The smallest absolute Gasteiger partial charge is 0.292 e. The van der Waals surface area contributed by atoms with Gasteiger partial charge in [0.05, 0.1) is 37.1 Å². The maximum atomic E-state index is 12.6. The minimum atomic E-state index is -0.553. The lowest BCUT2D eigenvalue weighted by atomic mass is 10.2. The number of nitrogens with zero attached hydrogens (tertiary/aromatic N) is 3. The van der Waals surface area contributed by atoms with Gasteiger partial charge >= 0.3 is 0 Å². The van der Waals surface area contributed by atoms with Gasteiger partial charge < -0.3 is 14.5 Å². The van der Waals surface area contributed by atoms with Crippen LogP contribution < -0.4 is 10.1 Å². The van der Waals surface area contributed by atoms with Gasteiger partial charge in [0.1, 0.15) is 18.1 Å². The Morgan fingerprint density at radius 3 is 2.63 bits per heavy atom. The summed E-state index contributed by atoms with van der Waals surface area (Å²) in [5.41, 5.74) is 0.722. The van der Waals surface area contributed by atoms with Crippen LogP contribution in [0.1, 0.15) is 21.9 Å². The molecule has 13 heteroatoms. The second-order valence-electron chi connectivity index (χ2n) is 7.15. The van der Waals surface area contributed by atoms with Crippen LogP contribution in [0.15, 0.2) is 63.6 Å². The van der Waals surface area contributed by atoms with E-state index in [4.69, 9.17) is 44.0 Å². The van der Waals surface area contributed by atoms with Crippen LogP contribution in [-0.2, 0) is 13.2 Å². The van der Waals surface area contributed by atoms with E-state index in [-0.39, 0.29) is 28.8 Å². The molecule has 0 radical (unpaired) electrons. The van der Waals surface area contributed by atoms with Gasteiger partial charge in [-0.15, -0.1) is 0 Å². The van der Waals surface area contributed by atoms with Crippen molar-refractivity contribution in [2.24, 2.45) is 0 Å². The van der Waals surface area contributed by atoms with Crippen LogP contribution in [0.25, 0.3) is 0 Å². The highest BCUT2D eigenvalue weighted by Gasteiger charge is 2.17. The summed E-state index contributed by atoms with van der Waals surface area (Å²) < 4.78 is 13.2. The average Bonchev–Trinajstić information content (AvgIpc) is 3.42. The zero-order chi connectivity index (χ0) is 25.1. The molecular formula is C22H14BrCl3N4O5. The van der Waals surface area contributed by atoms with E-state index in [1.54, 1.807) is 29.1 Å². The number of furan rings is 1. The summed E-state index contributed by atoms with van der Waals surface area (Å²) in [6, 6.07) is 12.2. The molecule has 2 heterocycles. The van der Waals surface area contributed by atoms with Crippen molar-refractivity contribution in [2.75, 3.05) is 5.32 Å². The summed E-state index contributed by atoms with van der Waals surface area (Å²) in [4.78, 5) is 23.0. The van der Waals surface area contributed by atoms with E-state index in [2.05, 4.69) is 26.3 Å². The van der Waals surface area contributed by atoms with Gasteiger partial charge in [-0.2, -0.15) is 5.10 Å². The van der Waals surface area contributed by atoms with Gasteiger partial charge in [-0.25, -0.2) is 0 Å². The van der Waals surface area contributed by atoms with Gasteiger partial charge in [-0.05, 0) is 51.8 Å². The lowest BCUT2D eigenvalue weighted by Crippen LogP contribution is -2.12. The number of hydrogen-bond acceptors (Lipinski definition) is 6. The molecule has 0 fully saturated rings. The third-order valence-corrected chi connectivity index (χ3v) is 6.29. The minimum absolute atomic E-state index is 0.0275. The van der Waals surface area contributed by atoms with E-state index in [0.717, 1.165) is 5.56 Å². The first kappa shape index (κ1) is 25.1. The Labute approximate surface area is 221 Å². The lowest BCUT2D eigenvalue weighted by molar-refractivity contribution is -0.384. The molecule has 9 nitrogen and oxygen atoms in total. The molecule has 0 saturated heterocycles. The highest BCUT2D eigenvalue weighted by Crippen LogP contribution is 2.30. The summed E-state index contributed by atoms with van der Waals surface area (Å²) in [7, 11) is 0. The van der Waals surface area contributed by atoms with E-state index in [1.807, 2.05) is 6.07 Å². The number of hydrogen-bond donors (Lipinski definition) is 1. The first-order chi connectivity index (χ1) is 16.7. The van der Waals surface area contributed by atoms with Crippen molar-refractivity contribution >= 4 is 68.1 Å². The van der Waals surface area contributed by atoms with Crippen molar-refractivity contribution in [3.8, 4) is 5.75 Å². The van der Waals surface area contributed by atoms with Crippen molar-refractivity contribution in [3.63, 3.8) is 0 Å². The number of ether oxygens (including phenoxy) is 1. The zero-order valence-electron chi connectivity index (χ0n) is 17.5. The molecule has 0 saturated carbocycles. The van der Waals surface area contributed by atoms with Crippen molar-refractivity contribution in [1.82, 2.24) is 9.78 Å². The highest BCUT2D eigenvalue weighted by molar-refractivity contribution is 9.10. The van der Waals surface area contributed by atoms with E-state index in [0.29, 0.717) is 32.6 Å². The fourth-order valence-corrected chi connectivity index (χ4v) is 3.91. The maximum Gasteiger partial charge on any atom is 0.292 e. The molecule has 1 amide bonds. The molecule has 1 N–H and O–H groups in total. The number of nitro benzene ring substituents is 1. The Morgan fingerprint density at radius 1 is 1.11 bits per heavy atom. The molecule has 4 aromatic rings.